The largest absolute Gasteiger partial charge is 0.370 e. The zero-order valence-corrected chi connectivity index (χ0v) is 11.8. The minimum absolute atomic E-state index is 0.0679. The number of carbonyl (C=O) groups is 1. The van der Waals surface area contributed by atoms with Crippen LogP contribution in [0.5, 0.6) is 0 Å². The third-order valence-corrected chi connectivity index (χ3v) is 3.24. The van der Waals surface area contributed by atoms with E-state index in [1.165, 1.54) is 12.1 Å². The van der Waals surface area contributed by atoms with Gasteiger partial charge >= 0.3 is 0 Å². The molecule has 0 fully saturated rings. The highest BCUT2D eigenvalue weighted by Gasteiger charge is 2.22. The van der Waals surface area contributed by atoms with E-state index < -0.39 is 17.8 Å². The number of benzene rings is 2. The average Bonchev–Trinajstić information content (AvgIpc) is 2.39. The molecule has 1 amide bonds. The summed E-state index contributed by atoms with van der Waals surface area (Å²) in [6.07, 6.45) is 0. The van der Waals surface area contributed by atoms with Gasteiger partial charge in [0.1, 0.15) is 11.9 Å². The van der Waals surface area contributed by atoms with Crippen molar-refractivity contribution < 1.29 is 9.18 Å². The van der Waals surface area contributed by atoms with Crippen LogP contribution in [0.4, 0.5) is 10.1 Å². The van der Waals surface area contributed by atoms with Gasteiger partial charge in [0, 0.05) is 16.3 Å². The molecule has 1 unspecified atom stereocenters. The molecule has 104 valence electrons. The topological polar surface area (TPSA) is 55.1 Å². The number of anilines is 1. The van der Waals surface area contributed by atoms with Crippen molar-refractivity contribution in [1.29, 1.82) is 0 Å². The molecule has 1 atom stereocenters. The van der Waals surface area contributed by atoms with E-state index in [0.29, 0.717) is 10.7 Å². The number of nitrogens with one attached hydrogen (secondary N) is 1. The van der Waals surface area contributed by atoms with E-state index in [4.69, 9.17) is 28.9 Å². The van der Waals surface area contributed by atoms with Crippen LogP contribution in [0.1, 0.15) is 11.6 Å². The summed E-state index contributed by atoms with van der Waals surface area (Å²) in [5, 5.41) is 3.27. The summed E-state index contributed by atoms with van der Waals surface area (Å²) in [5.74, 6) is -1.39. The molecule has 0 spiro atoms. The molecule has 3 nitrogen and oxygen atoms in total. The third-order valence-electron chi connectivity index (χ3n) is 2.71. The number of primary amides is 1. The van der Waals surface area contributed by atoms with Crippen LogP contribution >= 0.6 is 23.2 Å². The molecule has 0 heterocycles. The van der Waals surface area contributed by atoms with Gasteiger partial charge in [-0.3, -0.25) is 4.79 Å². The van der Waals surface area contributed by atoms with Crippen molar-refractivity contribution in [1.82, 2.24) is 0 Å². The van der Waals surface area contributed by atoms with Gasteiger partial charge in [-0.1, -0.05) is 41.4 Å². The lowest BCUT2D eigenvalue weighted by Gasteiger charge is -2.18. The Kier molecular flexibility index (Phi) is 4.47. The summed E-state index contributed by atoms with van der Waals surface area (Å²) >= 11 is 11.6. The number of halogens is 3. The summed E-state index contributed by atoms with van der Waals surface area (Å²) < 4.78 is 14.0. The lowest BCUT2D eigenvalue weighted by atomic mass is 10.1. The molecular formula is C14H11Cl2FN2O. The first kappa shape index (κ1) is 14.6. The van der Waals surface area contributed by atoms with Gasteiger partial charge in [-0.2, -0.15) is 0 Å². The van der Waals surface area contributed by atoms with E-state index in [9.17, 15) is 9.18 Å². The van der Waals surface area contributed by atoms with E-state index in [1.807, 2.05) is 0 Å². The Morgan fingerprint density at radius 1 is 1.20 bits per heavy atom. The highest BCUT2D eigenvalue weighted by atomic mass is 35.5. The first-order valence-corrected chi connectivity index (χ1v) is 6.50. The normalized spacial score (nSPS) is 11.9. The Balaban J connectivity index is 2.37. The predicted octanol–water partition coefficient (Wildman–Crippen LogP) is 3.77. The first-order valence-electron chi connectivity index (χ1n) is 5.74. The van der Waals surface area contributed by atoms with Crippen LogP contribution in [-0.4, -0.2) is 5.91 Å². The molecule has 0 radical (unpaired) electrons. The van der Waals surface area contributed by atoms with Gasteiger partial charge in [0.05, 0.1) is 5.02 Å². The maximum atomic E-state index is 14.0. The van der Waals surface area contributed by atoms with Crippen molar-refractivity contribution in [2.75, 3.05) is 5.32 Å². The second-order valence-corrected chi connectivity index (χ2v) is 4.98. The highest BCUT2D eigenvalue weighted by Crippen LogP contribution is 2.27. The third kappa shape index (κ3) is 3.21. The minimum Gasteiger partial charge on any atom is -0.370 e. The van der Waals surface area contributed by atoms with Gasteiger partial charge in [0.25, 0.3) is 0 Å². The fraction of sp³-hybridized carbons (Fsp3) is 0.0714. The molecule has 2 aromatic carbocycles. The molecule has 0 aromatic heterocycles. The summed E-state index contributed by atoms with van der Waals surface area (Å²) in [6, 6.07) is 10.1. The molecule has 0 bridgehead atoms. The van der Waals surface area contributed by atoms with Gasteiger partial charge in [-0.15, -0.1) is 0 Å². The molecule has 2 aromatic rings. The molecule has 0 saturated carbocycles. The molecule has 2 rings (SSSR count). The van der Waals surface area contributed by atoms with Gasteiger partial charge in [0.15, 0.2) is 0 Å². The first-order chi connectivity index (χ1) is 9.49. The molecular weight excluding hydrogens is 302 g/mol. The van der Waals surface area contributed by atoms with Crippen molar-refractivity contribution in [3.63, 3.8) is 0 Å². The quantitative estimate of drug-likeness (QED) is 0.903. The van der Waals surface area contributed by atoms with E-state index >= 15 is 0 Å². The summed E-state index contributed by atoms with van der Waals surface area (Å²) in [4.78, 5) is 11.6. The fourth-order valence-electron chi connectivity index (χ4n) is 1.79. The molecule has 0 aliphatic carbocycles. The standard InChI is InChI=1S/C14H11Cl2FN2O/c15-8-3-1-4-9(7-8)19-13(14(18)20)10-5-2-6-11(16)12(10)17/h1-7,13,19H,(H2,18,20). The van der Waals surface area contributed by atoms with Gasteiger partial charge < -0.3 is 11.1 Å². The van der Waals surface area contributed by atoms with Crippen LogP contribution in [-0.2, 0) is 4.79 Å². The molecule has 0 aliphatic heterocycles. The van der Waals surface area contributed by atoms with E-state index in [2.05, 4.69) is 5.32 Å². The van der Waals surface area contributed by atoms with Crippen LogP contribution in [0.15, 0.2) is 42.5 Å². The second kappa shape index (κ2) is 6.11. The number of nitrogens with two attached hydrogens (primary N) is 1. The average molecular weight is 313 g/mol. The fourth-order valence-corrected chi connectivity index (χ4v) is 2.16. The second-order valence-electron chi connectivity index (χ2n) is 4.13. The monoisotopic (exact) mass is 312 g/mol. The lowest BCUT2D eigenvalue weighted by Crippen LogP contribution is -2.28. The predicted molar refractivity (Wildman–Crippen MR) is 78.4 cm³/mol. The number of hydrogen-bond acceptors (Lipinski definition) is 2. The Hall–Kier alpha value is -1.78. The molecule has 0 saturated heterocycles. The lowest BCUT2D eigenvalue weighted by molar-refractivity contribution is -0.118. The number of amides is 1. The summed E-state index contributed by atoms with van der Waals surface area (Å²) in [6.45, 7) is 0. The molecule has 3 N–H and O–H groups in total. The van der Waals surface area contributed by atoms with Crippen LogP contribution in [0.3, 0.4) is 0 Å². The maximum Gasteiger partial charge on any atom is 0.244 e. The van der Waals surface area contributed by atoms with Crippen molar-refractivity contribution in [3.8, 4) is 0 Å². The van der Waals surface area contributed by atoms with Crippen LogP contribution in [0, 0.1) is 5.82 Å². The number of carbonyl (C=O) groups excluding carboxylic acids is 1. The van der Waals surface area contributed by atoms with Crippen molar-refractivity contribution in [3.05, 3.63) is 63.9 Å². The van der Waals surface area contributed by atoms with Gasteiger partial charge in [-0.05, 0) is 24.3 Å². The molecule has 20 heavy (non-hydrogen) atoms. The van der Waals surface area contributed by atoms with E-state index in [-0.39, 0.29) is 10.6 Å². The summed E-state index contributed by atoms with van der Waals surface area (Å²) in [7, 11) is 0. The zero-order valence-electron chi connectivity index (χ0n) is 10.2. The van der Waals surface area contributed by atoms with Crippen molar-refractivity contribution >= 4 is 34.8 Å². The molecule has 6 heteroatoms. The van der Waals surface area contributed by atoms with Gasteiger partial charge in [0.2, 0.25) is 5.91 Å². The SMILES string of the molecule is NC(=O)C(Nc1cccc(Cl)c1)c1cccc(Cl)c1F. The Morgan fingerprint density at radius 2 is 1.90 bits per heavy atom. The van der Waals surface area contributed by atoms with Crippen molar-refractivity contribution in [2.45, 2.75) is 6.04 Å². The maximum absolute atomic E-state index is 14.0. The summed E-state index contributed by atoms with van der Waals surface area (Å²) in [5.41, 5.74) is 5.97. The van der Waals surface area contributed by atoms with Crippen LogP contribution in [0.2, 0.25) is 10.0 Å². The number of hydrogen-bond donors (Lipinski definition) is 2. The molecule has 0 aliphatic rings. The highest BCUT2D eigenvalue weighted by molar-refractivity contribution is 6.31. The smallest absolute Gasteiger partial charge is 0.244 e. The number of rotatable bonds is 4. The Bertz CT molecular complexity index is 649. The van der Waals surface area contributed by atoms with Gasteiger partial charge in [-0.25, -0.2) is 4.39 Å². The van der Waals surface area contributed by atoms with Crippen molar-refractivity contribution in [2.24, 2.45) is 5.73 Å². The van der Waals surface area contributed by atoms with Crippen LogP contribution in [0.25, 0.3) is 0 Å². The Morgan fingerprint density at radius 3 is 2.55 bits per heavy atom. The zero-order chi connectivity index (χ0) is 14.7. The van der Waals surface area contributed by atoms with Crippen LogP contribution < -0.4 is 11.1 Å². The van der Waals surface area contributed by atoms with E-state index in [1.54, 1.807) is 30.3 Å². The van der Waals surface area contributed by atoms with E-state index in [0.717, 1.165) is 0 Å². The minimum atomic E-state index is -1.04. The Labute approximate surface area is 125 Å².